The lowest BCUT2D eigenvalue weighted by Crippen LogP contribution is -2.08. The van der Waals surface area contributed by atoms with Crippen molar-refractivity contribution in [3.63, 3.8) is 0 Å². The van der Waals surface area contributed by atoms with Gasteiger partial charge in [0.2, 0.25) is 5.91 Å². The van der Waals surface area contributed by atoms with E-state index in [1.165, 1.54) is 6.08 Å². The van der Waals surface area contributed by atoms with Gasteiger partial charge in [0.1, 0.15) is 0 Å². The number of carbonyl (C=O) groups is 1. The molecule has 0 unspecified atom stereocenters. The first kappa shape index (κ1) is 17.3. The first-order valence-electron chi connectivity index (χ1n) is 7.72. The fraction of sp³-hybridized carbons (Fsp3) is 0. The van der Waals surface area contributed by atoms with Gasteiger partial charge in [-0.1, -0.05) is 77.8 Å². The molecule has 4 heteroatoms. The molecule has 3 rings (SSSR count). The highest BCUT2D eigenvalue weighted by atomic mass is 35.5. The number of rotatable bonds is 4. The van der Waals surface area contributed by atoms with Crippen molar-refractivity contribution in [1.82, 2.24) is 0 Å². The van der Waals surface area contributed by atoms with Gasteiger partial charge in [0.05, 0.1) is 0 Å². The fourth-order valence-corrected chi connectivity index (χ4v) is 2.91. The zero-order chi connectivity index (χ0) is 17.6. The summed E-state index contributed by atoms with van der Waals surface area (Å²) in [5, 5.41) is 3.98. The molecule has 25 heavy (non-hydrogen) atoms. The van der Waals surface area contributed by atoms with Crippen LogP contribution in [0.15, 0.2) is 78.9 Å². The molecule has 124 valence electrons. The maximum atomic E-state index is 12.3. The summed E-state index contributed by atoms with van der Waals surface area (Å²) < 4.78 is 0. The van der Waals surface area contributed by atoms with E-state index >= 15 is 0 Å². The molecule has 0 aliphatic carbocycles. The number of hydrogen-bond donors (Lipinski definition) is 1. The zero-order valence-electron chi connectivity index (χ0n) is 13.2. The topological polar surface area (TPSA) is 29.1 Å². The van der Waals surface area contributed by atoms with Crippen molar-refractivity contribution >= 4 is 40.9 Å². The first-order chi connectivity index (χ1) is 12.1. The maximum Gasteiger partial charge on any atom is 0.248 e. The highest BCUT2D eigenvalue weighted by Gasteiger charge is 2.06. The maximum absolute atomic E-state index is 12.3. The fourth-order valence-electron chi connectivity index (χ4n) is 2.44. The molecule has 0 heterocycles. The standard InChI is InChI=1S/C21H15Cl2NO/c22-17-12-10-16(19(23)14-17)11-13-21(25)24-20-9-5-4-8-18(20)15-6-2-1-3-7-15/h1-14H,(H,24,25)/b13-11+. The van der Waals surface area contributed by atoms with E-state index in [2.05, 4.69) is 5.32 Å². The van der Waals surface area contributed by atoms with Crippen molar-refractivity contribution in [1.29, 1.82) is 0 Å². The lowest BCUT2D eigenvalue weighted by Gasteiger charge is -2.10. The second kappa shape index (κ2) is 8.02. The van der Waals surface area contributed by atoms with Crippen LogP contribution in [0.5, 0.6) is 0 Å². The van der Waals surface area contributed by atoms with E-state index in [9.17, 15) is 4.79 Å². The van der Waals surface area contributed by atoms with E-state index in [4.69, 9.17) is 23.2 Å². The van der Waals surface area contributed by atoms with Gasteiger partial charge < -0.3 is 5.32 Å². The second-order valence-electron chi connectivity index (χ2n) is 5.40. The minimum Gasteiger partial charge on any atom is -0.322 e. The van der Waals surface area contributed by atoms with Crippen LogP contribution in [0.3, 0.4) is 0 Å². The van der Waals surface area contributed by atoms with Gasteiger partial charge in [-0.25, -0.2) is 0 Å². The van der Waals surface area contributed by atoms with Gasteiger partial charge in [0, 0.05) is 27.4 Å². The molecule has 0 atom stereocenters. The molecular formula is C21H15Cl2NO. The summed E-state index contributed by atoms with van der Waals surface area (Å²) in [6.07, 6.45) is 3.12. The number of hydrogen-bond acceptors (Lipinski definition) is 1. The molecule has 2 nitrogen and oxygen atoms in total. The van der Waals surface area contributed by atoms with Crippen LogP contribution in [0.4, 0.5) is 5.69 Å². The molecule has 0 aliphatic heterocycles. The largest absolute Gasteiger partial charge is 0.322 e. The van der Waals surface area contributed by atoms with E-state index in [0.717, 1.165) is 22.4 Å². The molecule has 3 aromatic carbocycles. The summed E-state index contributed by atoms with van der Waals surface area (Å²) in [6.45, 7) is 0. The Hall–Kier alpha value is -2.55. The van der Waals surface area contributed by atoms with Crippen LogP contribution in [0.2, 0.25) is 10.0 Å². The van der Waals surface area contributed by atoms with Gasteiger partial charge in [-0.2, -0.15) is 0 Å². The number of halogens is 2. The van der Waals surface area contributed by atoms with E-state index in [-0.39, 0.29) is 5.91 Å². The van der Waals surface area contributed by atoms with Crippen LogP contribution < -0.4 is 5.32 Å². The highest BCUT2D eigenvalue weighted by Crippen LogP contribution is 2.27. The zero-order valence-corrected chi connectivity index (χ0v) is 14.8. The van der Waals surface area contributed by atoms with Crippen LogP contribution in [-0.4, -0.2) is 5.91 Å². The van der Waals surface area contributed by atoms with E-state index in [0.29, 0.717) is 10.0 Å². The molecule has 0 radical (unpaired) electrons. The molecule has 0 aromatic heterocycles. The Morgan fingerprint density at radius 2 is 1.60 bits per heavy atom. The molecule has 0 spiro atoms. The van der Waals surface area contributed by atoms with Crippen LogP contribution in [0, 0.1) is 0 Å². The molecular weight excluding hydrogens is 353 g/mol. The number of benzene rings is 3. The smallest absolute Gasteiger partial charge is 0.248 e. The Morgan fingerprint density at radius 1 is 0.880 bits per heavy atom. The van der Waals surface area contributed by atoms with E-state index in [1.807, 2.05) is 54.6 Å². The predicted octanol–water partition coefficient (Wildman–Crippen LogP) is 6.31. The third kappa shape index (κ3) is 4.50. The lowest BCUT2D eigenvalue weighted by molar-refractivity contribution is -0.111. The van der Waals surface area contributed by atoms with E-state index in [1.54, 1.807) is 24.3 Å². The van der Waals surface area contributed by atoms with Crippen LogP contribution in [0.25, 0.3) is 17.2 Å². The molecule has 0 bridgehead atoms. The molecule has 1 amide bonds. The normalized spacial score (nSPS) is 10.8. The van der Waals surface area contributed by atoms with Crippen molar-refractivity contribution in [3.05, 3.63) is 94.5 Å². The Balaban J connectivity index is 1.79. The van der Waals surface area contributed by atoms with Crippen LogP contribution >= 0.6 is 23.2 Å². The van der Waals surface area contributed by atoms with Crippen molar-refractivity contribution in [3.8, 4) is 11.1 Å². The van der Waals surface area contributed by atoms with E-state index < -0.39 is 0 Å². The van der Waals surface area contributed by atoms with Gasteiger partial charge in [0.15, 0.2) is 0 Å². The number of amides is 1. The summed E-state index contributed by atoms with van der Waals surface area (Å²) in [5.74, 6) is -0.227. The Morgan fingerprint density at radius 3 is 2.36 bits per heavy atom. The summed E-state index contributed by atoms with van der Waals surface area (Å²) >= 11 is 12.0. The van der Waals surface area contributed by atoms with Crippen LogP contribution in [-0.2, 0) is 4.79 Å². The van der Waals surface area contributed by atoms with Crippen LogP contribution in [0.1, 0.15) is 5.56 Å². The summed E-state index contributed by atoms with van der Waals surface area (Å²) in [7, 11) is 0. The number of anilines is 1. The molecule has 3 aromatic rings. The first-order valence-corrected chi connectivity index (χ1v) is 8.47. The summed E-state index contributed by atoms with van der Waals surface area (Å²) in [6, 6.07) is 22.8. The average Bonchev–Trinajstić information content (AvgIpc) is 2.62. The van der Waals surface area contributed by atoms with Gasteiger partial charge in [-0.3, -0.25) is 4.79 Å². The molecule has 0 saturated carbocycles. The Kier molecular flexibility index (Phi) is 5.54. The minimum atomic E-state index is -0.227. The van der Waals surface area contributed by atoms with Gasteiger partial charge >= 0.3 is 0 Å². The third-order valence-electron chi connectivity index (χ3n) is 3.65. The minimum absolute atomic E-state index is 0.227. The lowest BCUT2D eigenvalue weighted by atomic mass is 10.0. The van der Waals surface area contributed by atoms with Gasteiger partial charge in [-0.15, -0.1) is 0 Å². The number of nitrogens with one attached hydrogen (secondary N) is 1. The number of carbonyl (C=O) groups excluding carboxylic acids is 1. The molecule has 0 fully saturated rings. The summed E-state index contributed by atoms with van der Waals surface area (Å²) in [4.78, 5) is 12.3. The average molecular weight is 368 g/mol. The Bertz CT molecular complexity index is 920. The SMILES string of the molecule is O=C(/C=C/c1ccc(Cl)cc1Cl)Nc1ccccc1-c1ccccc1. The quantitative estimate of drug-likeness (QED) is 0.537. The molecule has 0 aliphatic rings. The van der Waals surface area contributed by atoms with Crippen molar-refractivity contribution < 1.29 is 4.79 Å². The predicted molar refractivity (Wildman–Crippen MR) is 106 cm³/mol. The molecule has 1 N–H and O–H groups in total. The second-order valence-corrected chi connectivity index (χ2v) is 6.24. The van der Waals surface area contributed by atoms with Gasteiger partial charge in [0.25, 0.3) is 0 Å². The third-order valence-corrected chi connectivity index (χ3v) is 4.21. The summed E-state index contributed by atoms with van der Waals surface area (Å²) in [5.41, 5.74) is 3.50. The highest BCUT2D eigenvalue weighted by molar-refractivity contribution is 6.35. The Labute approximate surface area is 156 Å². The van der Waals surface area contributed by atoms with Crippen molar-refractivity contribution in [2.75, 3.05) is 5.32 Å². The van der Waals surface area contributed by atoms with Crippen molar-refractivity contribution in [2.24, 2.45) is 0 Å². The molecule has 0 saturated heterocycles. The number of para-hydroxylation sites is 1. The van der Waals surface area contributed by atoms with Gasteiger partial charge in [-0.05, 0) is 35.4 Å². The van der Waals surface area contributed by atoms with Crippen molar-refractivity contribution in [2.45, 2.75) is 0 Å². The monoisotopic (exact) mass is 367 g/mol.